The quantitative estimate of drug-likeness (QED) is 0.775. The van der Waals surface area contributed by atoms with Gasteiger partial charge in [0.2, 0.25) is 0 Å². The molecule has 0 spiro atoms. The van der Waals surface area contributed by atoms with E-state index in [4.69, 9.17) is 4.74 Å². The number of allylic oxidation sites excluding steroid dienone is 2. The van der Waals surface area contributed by atoms with Crippen LogP contribution in [0.4, 0.5) is 0 Å². The summed E-state index contributed by atoms with van der Waals surface area (Å²) >= 11 is 0. The Labute approximate surface area is 122 Å². The Hall–Kier alpha value is -0.500. The maximum atomic E-state index is 10.00. The van der Waals surface area contributed by atoms with Gasteiger partial charge in [-0.1, -0.05) is 6.42 Å². The lowest BCUT2D eigenvalue weighted by Crippen LogP contribution is -2.41. The third kappa shape index (κ3) is 2.11. The maximum Gasteiger partial charge on any atom is 0.0984 e. The summed E-state index contributed by atoms with van der Waals surface area (Å²) in [5, 5.41) is 10.00. The van der Waals surface area contributed by atoms with Crippen molar-refractivity contribution in [3.05, 3.63) is 11.3 Å². The van der Waals surface area contributed by atoms with Crippen molar-refractivity contribution in [1.82, 2.24) is 0 Å². The van der Waals surface area contributed by atoms with Gasteiger partial charge in [0.1, 0.15) is 0 Å². The number of methoxy groups -OCH3 is 1. The highest BCUT2D eigenvalue weighted by Gasteiger charge is 2.47. The molecule has 2 unspecified atom stereocenters. The average molecular weight is 276 g/mol. The third-order valence-electron chi connectivity index (χ3n) is 6.54. The molecular weight excluding hydrogens is 248 g/mol. The summed E-state index contributed by atoms with van der Waals surface area (Å²) in [5.74, 6) is 5.46. The number of aliphatic hydroxyl groups is 1. The third-order valence-corrected chi connectivity index (χ3v) is 6.54. The van der Waals surface area contributed by atoms with E-state index in [0.717, 1.165) is 42.9 Å². The van der Waals surface area contributed by atoms with Crippen LogP contribution in [0.15, 0.2) is 11.3 Å². The molecule has 5 aliphatic carbocycles. The summed E-state index contributed by atoms with van der Waals surface area (Å²) in [4.78, 5) is 0. The van der Waals surface area contributed by atoms with Gasteiger partial charge >= 0.3 is 0 Å². The summed E-state index contributed by atoms with van der Waals surface area (Å²) in [6, 6.07) is 0. The summed E-state index contributed by atoms with van der Waals surface area (Å²) in [7, 11) is 1.87. The second-order valence-electron chi connectivity index (χ2n) is 7.85. The fourth-order valence-electron chi connectivity index (χ4n) is 6.02. The van der Waals surface area contributed by atoms with E-state index >= 15 is 0 Å². The molecule has 4 bridgehead atoms. The van der Waals surface area contributed by atoms with E-state index in [9.17, 15) is 5.11 Å². The van der Waals surface area contributed by atoms with Crippen LogP contribution in [0.3, 0.4) is 0 Å². The Morgan fingerprint density at radius 2 is 1.60 bits per heavy atom. The van der Waals surface area contributed by atoms with E-state index in [1.165, 1.54) is 44.3 Å². The predicted octanol–water partition coefficient (Wildman–Crippen LogP) is 3.89. The smallest absolute Gasteiger partial charge is 0.0984 e. The van der Waals surface area contributed by atoms with Crippen LogP contribution in [-0.4, -0.2) is 18.3 Å². The molecule has 5 rings (SSSR count). The van der Waals surface area contributed by atoms with Gasteiger partial charge in [0.15, 0.2) is 0 Å². The van der Waals surface area contributed by atoms with Gasteiger partial charge < -0.3 is 9.84 Å². The Morgan fingerprint density at radius 3 is 2.15 bits per heavy atom. The van der Waals surface area contributed by atoms with Gasteiger partial charge in [0.05, 0.1) is 19.0 Å². The van der Waals surface area contributed by atoms with Crippen molar-refractivity contribution in [2.24, 2.45) is 29.6 Å². The zero-order chi connectivity index (χ0) is 13.7. The lowest BCUT2D eigenvalue weighted by molar-refractivity contribution is 0.0499. The predicted molar refractivity (Wildman–Crippen MR) is 79.0 cm³/mol. The number of ether oxygens (including phenoxy) is 1. The van der Waals surface area contributed by atoms with Crippen molar-refractivity contribution in [3.63, 3.8) is 0 Å². The Morgan fingerprint density at radius 1 is 0.950 bits per heavy atom. The largest absolute Gasteiger partial charge is 0.501 e. The fourth-order valence-corrected chi connectivity index (χ4v) is 6.02. The summed E-state index contributed by atoms with van der Waals surface area (Å²) in [6.07, 6.45) is 11.4. The monoisotopic (exact) mass is 276 g/mol. The lowest BCUT2D eigenvalue weighted by atomic mass is 9.53. The van der Waals surface area contributed by atoms with E-state index in [1.807, 2.05) is 7.11 Å². The van der Waals surface area contributed by atoms with Gasteiger partial charge in [-0.3, -0.25) is 0 Å². The normalized spacial score (nSPS) is 46.6. The number of rotatable bonds is 2. The van der Waals surface area contributed by atoms with Gasteiger partial charge in [-0.15, -0.1) is 0 Å². The molecular formula is C18H28O2. The Bertz CT molecular complexity index is 382. The minimum Gasteiger partial charge on any atom is -0.501 e. The van der Waals surface area contributed by atoms with Crippen LogP contribution < -0.4 is 0 Å². The van der Waals surface area contributed by atoms with Crippen molar-refractivity contribution in [2.45, 2.75) is 63.9 Å². The molecule has 5 saturated carbocycles. The molecule has 112 valence electrons. The molecule has 2 atom stereocenters. The van der Waals surface area contributed by atoms with Crippen LogP contribution in [0.25, 0.3) is 0 Å². The number of hydrogen-bond donors (Lipinski definition) is 1. The molecule has 0 aromatic rings. The van der Waals surface area contributed by atoms with Crippen LogP contribution in [0.2, 0.25) is 0 Å². The zero-order valence-corrected chi connectivity index (χ0v) is 12.7. The van der Waals surface area contributed by atoms with E-state index in [2.05, 4.69) is 0 Å². The first-order chi connectivity index (χ1) is 9.74. The summed E-state index contributed by atoms with van der Waals surface area (Å²) in [6.45, 7) is 0. The molecule has 5 aliphatic rings. The molecule has 5 fully saturated rings. The van der Waals surface area contributed by atoms with Gasteiger partial charge in [0.25, 0.3) is 0 Å². The zero-order valence-electron chi connectivity index (χ0n) is 12.7. The van der Waals surface area contributed by atoms with Crippen molar-refractivity contribution in [1.29, 1.82) is 0 Å². The minimum atomic E-state index is -0.101. The molecule has 0 heterocycles. The topological polar surface area (TPSA) is 29.5 Å². The van der Waals surface area contributed by atoms with E-state index in [-0.39, 0.29) is 6.10 Å². The van der Waals surface area contributed by atoms with E-state index < -0.39 is 0 Å². The molecule has 1 N–H and O–H groups in total. The molecule has 2 heteroatoms. The number of hydrogen-bond acceptors (Lipinski definition) is 2. The van der Waals surface area contributed by atoms with Crippen LogP contribution in [0.1, 0.15) is 57.8 Å². The van der Waals surface area contributed by atoms with Gasteiger partial charge in [-0.05, 0) is 80.6 Å². The Balaban J connectivity index is 1.64. The highest BCUT2D eigenvalue weighted by Crippen LogP contribution is 2.58. The lowest BCUT2D eigenvalue weighted by Gasteiger charge is -2.52. The standard InChI is InChI=1S/C18H28O2/c1-20-18(13-3-2-4-16(19)10-13)17-14-6-11-5-12(8-14)9-15(17)7-11/h11-16,19H,2-10H2,1H3. The molecule has 0 amide bonds. The highest BCUT2D eigenvalue weighted by atomic mass is 16.5. The van der Waals surface area contributed by atoms with Crippen LogP contribution >= 0.6 is 0 Å². The van der Waals surface area contributed by atoms with Gasteiger partial charge in [-0.25, -0.2) is 0 Å². The maximum absolute atomic E-state index is 10.00. The highest BCUT2D eigenvalue weighted by molar-refractivity contribution is 5.25. The van der Waals surface area contributed by atoms with Crippen LogP contribution in [0, 0.1) is 29.6 Å². The minimum absolute atomic E-state index is 0.101. The first-order valence-electron chi connectivity index (χ1n) is 8.70. The van der Waals surface area contributed by atoms with Crippen molar-refractivity contribution in [3.8, 4) is 0 Å². The molecule has 0 radical (unpaired) electrons. The summed E-state index contributed by atoms with van der Waals surface area (Å²) in [5.41, 5.74) is 1.69. The first-order valence-corrected chi connectivity index (χ1v) is 8.70. The second kappa shape index (κ2) is 5.05. The van der Waals surface area contributed by atoms with Gasteiger partial charge in [0, 0.05) is 5.92 Å². The van der Waals surface area contributed by atoms with E-state index in [1.54, 1.807) is 5.57 Å². The molecule has 0 saturated heterocycles. The number of aliphatic hydroxyl groups excluding tert-OH is 1. The van der Waals surface area contributed by atoms with Gasteiger partial charge in [-0.2, -0.15) is 0 Å². The second-order valence-corrected chi connectivity index (χ2v) is 7.85. The molecule has 2 nitrogen and oxygen atoms in total. The first kappa shape index (κ1) is 13.2. The van der Waals surface area contributed by atoms with Crippen molar-refractivity contribution in [2.75, 3.05) is 7.11 Å². The fraction of sp³-hybridized carbons (Fsp3) is 0.889. The molecule has 20 heavy (non-hydrogen) atoms. The van der Waals surface area contributed by atoms with Crippen molar-refractivity contribution >= 4 is 0 Å². The molecule has 0 aromatic heterocycles. The van der Waals surface area contributed by atoms with Crippen LogP contribution in [0.5, 0.6) is 0 Å². The van der Waals surface area contributed by atoms with Crippen LogP contribution in [-0.2, 0) is 4.74 Å². The molecule has 0 aromatic carbocycles. The average Bonchev–Trinajstić information content (AvgIpc) is 2.42. The van der Waals surface area contributed by atoms with E-state index in [0.29, 0.717) is 5.92 Å². The van der Waals surface area contributed by atoms with Crippen molar-refractivity contribution < 1.29 is 9.84 Å². The molecule has 0 aliphatic heterocycles. The summed E-state index contributed by atoms with van der Waals surface area (Å²) < 4.78 is 5.93. The SMILES string of the molecule is COC(=C1C2CC3CC(C2)CC1C3)C1CCCC(O)C1. The Kier molecular flexibility index (Phi) is 3.33.